The molecule has 0 saturated carbocycles. The minimum Gasteiger partial charge on any atom is -0.383 e. The molecule has 0 bridgehead atoms. The minimum absolute atomic E-state index is 0.654. The zero-order chi connectivity index (χ0) is 12.8. The van der Waals surface area contributed by atoms with Crippen LogP contribution in [0.4, 0.5) is 5.69 Å². The zero-order valence-corrected chi connectivity index (χ0v) is 11.7. The van der Waals surface area contributed by atoms with Crippen LogP contribution in [0, 0.1) is 13.8 Å². The molecule has 0 aliphatic heterocycles. The molecule has 1 rings (SSSR count). The highest BCUT2D eigenvalue weighted by Crippen LogP contribution is 2.21. The highest BCUT2D eigenvalue weighted by molar-refractivity contribution is 7.80. The zero-order valence-electron chi connectivity index (χ0n) is 10.9. The predicted molar refractivity (Wildman–Crippen MR) is 76.8 cm³/mol. The molecule has 0 heterocycles. The Kier molecular flexibility index (Phi) is 5.38. The van der Waals surface area contributed by atoms with Gasteiger partial charge in [-0.3, -0.25) is 0 Å². The largest absolute Gasteiger partial charge is 0.383 e. The van der Waals surface area contributed by atoms with Crippen molar-refractivity contribution in [1.82, 2.24) is 5.32 Å². The fourth-order valence-electron chi connectivity index (χ4n) is 1.59. The Bertz CT molecular complexity index is 393. The lowest BCUT2D eigenvalue weighted by Crippen LogP contribution is -2.38. The molecule has 0 aliphatic rings. The van der Waals surface area contributed by atoms with Crippen molar-refractivity contribution in [2.45, 2.75) is 13.8 Å². The van der Waals surface area contributed by atoms with Gasteiger partial charge in [0.1, 0.15) is 0 Å². The van der Waals surface area contributed by atoms with Crippen molar-refractivity contribution < 1.29 is 4.74 Å². The average molecular weight is 252 g/mol. The molecule has 3 nitrogen and oxygen atoms in total. The molecule has 0 atom stereocenters. The van der Waals surface area contributed by atoms with Crippen LogP contribution in [-0.2, 0) is 4.74 Å². The van der Waals surface area contributed by atoms with E-state index in [4.69, 9.17) is 17.0 Å². The van der Waals surface area contributed by atoms with Crippen LogP contribution in [0.5, 0.6) is 0 Å². The summed E-state index contributed by atoms with van der Waals surface area (Å²) in [5, 5.41) is 3.88. The van der Waals surface area contributed by atoms with Gasteiger partial charge in [0.05, 0.1) is 6.61 Å². The second-order valence-electron chi connectivity index (χ2n) is 4.00. The van der Waals surface area contributed by atoms with E-state index >= 15 is 0 Å². The summed E-state index contributed by atoms with van der Waals surface area (Å²) in [7, 11) is 3.66. The summed E-state index contributed by atoms with van der Waals surface area (Å²) in [6, 6.07) is 6.23. The van der Waals surface area contributed by atoms with Crippen LogP contribution in [0.25, 0.3) is 0 Å². The molecule has 0 aromatic heterocycles. The maximum Gasteiger partial charge on any atom is 0.173 e. The smallest absolute Gasteiger partial charge is 0.173 e. The number of hydrogen-bond donors (Lipinski definition) is 1. The summed E-state index contributed by atoms with van der Waals surface area (Å²) in [5.74, 6) is 0. The Morgan fingerprint density at radius 1 is 1.41 bits per heavy atom. The van der Waals surface area contributed by atoms with E-state index in [0.717, 1.165) is 17.3 Å². The van der Waals surface area contributed by atoms with E-state index < -0.39 is 0 Å². The van der Waals surface area contributed by atoms with Gasteiger partial charge in [-0.2, -0.15) is 0 Å². The van der Waals surface area contributed by atoms with Crippen molar-refractivity contribution in [3.8, 4) is 0 Å². The highest BCUT2D eigenvalue weighted by atomic mass is 32.1. The molecule has 4 heteroatoms. The van der Waals surface area contributed by atoms with E-state index in [9.17, 15) is 0 Å². The van der Waals surface area contributed by atoms with Gasteiger partial charge in [-0.1, -0.05) is 12.1 Å². The Morgan fingerprint density at radius 2 is 2.12 bits per heavy atom. The second kappa shape index (κ2) is 6.57. The fourth-order valence-corrected chi connectivity index (χ4v) is 1.79. The lowest BCUT2D eigenvalue weighted by Gasteiger charge is -2.23. The van der Waals surface area contributed by atoms with Gasteiger partial charge in [-0.15, -0.1) is 0 Å². The van der Waals surface area contributed by atoms with Crippen LogP contribution < -0.4 is 10.2 Å². The molecule has 0 aliphatic carbocycles. The van der Waals surface area contributed by atoms with E-state index in [2.05, 4.69) is 31.3 Å². The van der Waals surface area contributed by atoms with Gasteiger partial charge in [0.25, 0.3) is 0 Å². The molecule has 0 spiro atoms. The monoisotopic (exact) mass is 252 g/mol. The SMILES string of the molecule is COCCNC(=S)N(C)c1cccc(C)c1C. The minimum atomic E-state index is 0.654. The average Bonchev–Trinajstić information content (AvgIpc) is 2.32. The summed E-state index contributed by atoms with van der Waals surface area (Å²) in [6.07, 6.45) is 0. The number of benzene rings is 1. The van der Waals surface area contributed by atoms with Crippen molar-refractivity contribution in [3.05, 3.63) is 29.3 Å². The first-order chi connectivity index (χ1) is 8.07. The van der Waals surface area contributed by atoms with E-state index in [-0.39, 0.29) is 0 Å². The summed E-state index contributed by atoms with van der Waals surface area (Å²) in [4.78, 5) is 1.99. The number of aryl methyl sites for hydroxylation is 1. The Labute approximate surface area is 109 Å². The third-order valence-electron chi connectivity index (χ3n) is 2.82. The van der Waals surface area contributed by atoms with Crippen LogP contribution in [-0.4, -0.2) is 32.4 Å². The molecule has 0 fully saturated rings. The quantitative estimate of drug-likeness (QED) is 0.656. The first kappa shape index (κ1) is 13.9. The van der Waals surface area contributed by atoms with Gasteiger partial charge in [-0.05, 0) is 43.3 Å². The molecule has 1 aromatic rings. The summed E-state index contributed by atoms with van der Waals surface area (Å²) in [5.41, 5.74) is 3.67. The van der Waals surface area contributed by atoms with E-state index in [1.165, 1.54) is 11.1 Å². The fraction of sp³-hybridized carbons (Fsp3) is 0.462. The molecular formula is C13H20N2OS. The van der Waals surface area contributed by atoms with Crippen molar-refractivity contribution in [3.63, 3.8) is 0 Å². The van der Waals surface area contributed by atoms with Gasteiger partial charge in [0, 0.05) is 26.4 Å². The molecule has 17 heavy (non-hydrogen) atoms. The third kappa shape index (κ3) is 3.68. The molecular weight excluding hydrogens is 232 g/mol. The van der Waals surface area contributed by atoms with Crippen molar-refractivity contribution in [2.24, 2.45) is 0 Å². The Hall–Kier alpha value is -1.13. The predicted octanol–water partition coefficient (Wildman–Crippen LogP) is 2.26. The maximum absolute atomic E-state index is 5.33. The van der Waals surface area contributed by atoms with E-state index in [1.807, 2.05) is 18.0 Å². The number of thiocarbonyl (C=S) groups is 1. The topological polar surface area (TPSA) is 24.5 Å². The standard InChI is InChI=1S/C13H20N2OS/c1-10-6-5-7-12(11(10)2)15(3)13(17)14-8-9-16-4/h5-7H,8-9H2,1-4H3,(H,14,17). The van der Waals surface area contributed by atoms with Crippen LogP contribution in [0.2, 0.25) is 0 Å². The van der Waals surface area contributed by atoms with E-state index in [1.54, 1.807) is 7.11 Å². The maximum atomic E-state index is 5.33. The normalized spacial score (nSPS) is 10.1. The second-order valence-corrected chi connectivity index (χ2v) is 4.39. The lowest BCUT2D eigenvalue weighted by atomic mass is 10.1. The van der Waals surface area contributed by atoms with Crippen molar-refractivity contribution >= 4 is 23.0 Å². The molecule has 0 radical (unpaired) electrons. The number of nitrogens with zero attached hydrogens (tertiary/aromatic N) is 1. The van der Waals surface area contributed by atoms with E-state index in [0.29, 0.717) is 6.61 Å². The highest BCUT2D eigenvalue weighted by Gasteiger charge is 2.09. The molecule has 0 saturated heterocycles. The third-order valence-corrected chi connectivity index (χ3v) is 3.24. The van der Waals surface area contributed by atoms with Gasteiger partial charge >= 0.3 is 0 Å². The lowest BCUT2D eigenvalue weighted by molar-refractivity contribution is 0.204. The molecule has 1 aromatic carbocycles. The molecule has 0 amide bonds. The first-order valence-corrected chi connectivity index (χ1v) is 6.05. The summed E-state index contributed by atoms with van der Waals surface area (Å²) in [6.45, 7) is 5.60. The number of hydrogen-bond acceptors (Lipinski definition) is 2. The molecule has 0 unspecified atom stereocenters. The van der Waals surface area contributed by atoms with Crippen LogP contribution in [0.3, 0.4) is 0 Å². The van der Waals surface area contributed by atoms with Gasteiger partial charge < -0.3 is 15.0 Å². The summed E-state index contributed by atoms with van der Waals surface area (Å²) < 4.78 is 4.98. The number of anilines is 1. The Balaban J connectivity index is 2.71. The number of nitrogens with one attached hydrogen (secondary N) is 1. The molecule has 94 valence electrons. The van der Waals surface area contributed by atoms with Gasteiger partial charge in [0.2, 0.25) is 0 Å². The molecule has 1 N–H and O–H groups in total. The Morgan fingerprint density at radius 3 is 2.76 bits per heavy atom. The van der Waals surface area contributed by atoms with Crippen LogP contribution in [0.15, 0.2) is 18.2 Å². The van der Waals surface area contributed by atoms with Crippen molar-refractivity contribution in [2.75, 3.05) is 32.2 Å². The first-order valence-electron chi connectivity index (χ1n) is 5.64. The summed E-state index contributed by atoms with van der Waals surface area (Å²) >= 11 is 5.33. The number of rotatable bonds is 4. The van der Waals surface area contributed by atoms with Crippen LogP contribution >= 0.6 is 12.2 Å². The van der Waals surface area contributed by atoms with Gasteiger partial charge in [0.15, 0.2) is 5.11 Å². The van der Waals surface area contributed by atoms with Crippen molar-refractivity contribution in [1.29, 1.82) is 0 Å². The number of ether oxygens (including phenoxy) is 1. The van der Waals surface area contributed by atoms with Gasteiger partial charge in [-0.25, -0.2) is 0 Å². The number of methoxy groups -OCH3 is 1. The van der Waals surface area contributed by atoms with Crippen LogP contribution in [0.1, 0.15) is 11.1 Å².